The number of ether oxygens (including phenoxy) is 2. The first-order valence-corrected chi connectivity index (χ1v) is 4.38. The van der Waals surface area contributed by atoms with E-state index in [1.54, 1.807) is 12.1 Å². The molecule has 16 heavy (non-hydrogen) atoms. The van der Waals surface area contributed by atoms with E-state index in [1.807, 2.05) is 0 Å². The Kier molecular flexibility index (Phi) is 1.70. The molecule has 2 rings (SSSR count). The van der Waals surface area contributed by atoms with Gasteiger partial charge in [0.15, 0.2) is 5.60 Å². The fourth-order valence-electron chi connectivity index (χ4n) is 1.94. The number of nitrogens with one attached hydrogen (secondary N) is 1. The normalized spacial score (nSPS) is 40.8. The average molecular weight is 220 g/mol. The maximum atomic E-state index is 10.2. The molecule has 2 aliphatic rings. The SMILES string of the molecule is CC1(O)C2OC(=N)C1(C#N)C(C#N)=C(N)O2. The lowest BCUT2D eigenvalue weighted by atomic mass is 9.69. The lowest BCUT2D eigenvalue weighted by molar-refractivity contribution is -0.174. The van der Waals surface area contributed by atoms with Crippen LogP contribution in [0, 0.1) is 33.5 Å². The van der Waals surface area contributed by atoms with E-state index >= 15 is 0 Å². The molecule has 2 bridgehead atoms. The highest BCUT2D eigenvalue weighted by Gasteiger charge is 2.71. The smallest absolute Gasteiger partial charge is 0.274 e. The first kappa shape index (κ1) is 10.3. The summed E-state index contributed by atoms with van der Waals surface area (Å²) in [5.41, 5.74) is 1.46. The van der Waals surface area contributed by atoms with Crippen molar-refractivity contribution < 1.29 is 14.6 Å². The number of fused-ring (bicyclic) bond motifs is 2. The molecule has 0 spiro atoms. The second kappa shape index (κ2) is 2.65. The Hall–Kier alpha value is -2.25. The molecule has 3 unspecified atom stereocenters. The Balaban J connectivity index is 2.80. The Bertz CT molecular complexity index is 496. The maximum Gasteiger partial charge on any atom is 0.274 e. The van der Waals surface area contributed by atoms with Crippen LogP contribution in [0.3, 0.4) is 0 Å². The molecule has 7 nitrogen and oxygen atoms in total. The van der Waals surface area contributed by atoms with Crippen molar-refractivity contribution in [2.24, 2.45) is 11.1 Å². The van der Waals surface area contributed by atoms with Crippen molar-refractivity contribution in [3.8, 4) is 12.1 Å². The van der Waals surface area contributed by atoms with Gasteiger partial charge in [0, 0.05) is 0 Å². The van der Waals surface area contributed by atoms with Crippen molar-refractivity contribution in [1.29, 1.82) is 15.9 Å². The summed E-state index contributed by atoms with van der Waals surface area (Å²) in [5, 5.41) is 35.8. The molecule has 82 valence electrons. The maximum absolute atomic E-state index is 10.2. The number of nitrogens with zero attached hydrogens (tertiary/aromatic N) is 2. The van der Waals surface area contributed by atoms with Gasteiger partial charge in [0.05, 0.1) is 6.07 Å². The van der Waals surface area contributed by atoms with Gasteiger partial charge in [-0.2, -0.15) is 10.5 Å². The van der Waals surface area contributed by atoms with Crippen LogP contribution >= 0.6 is 0 Å². The molecule has 1 saturated heterocycles. The molecule has 0 amide bonds. The zero-order valence-electron chi connectivity index (χ0n) is 8.31. The van der Waals surface area contributed by atoms with E-state index in [1.165, 1.54) is 6.92 Å². The van der Waals surface area contributed by atoms with Crippen LogP contribution in [-0.2, 0) is 9.47 Å². The number of rotatable bonds is 0. The highest BCUT2D eigenvalue weighted by Crippen LogP contribution is 2.52. The van der Waals surface area contributed by atoms with Crippen LogP contribution in [0.25, 0.3) is 0 Å². The zero-order valence-corrected chi connectivity index (χ0v) is 8.31. The monoisotopic (exact) mass is 220 g/mol. The standard InChI is InChI=1S/C9H8N4O3/c1-8(14)7-15-5(12)4(2-10)9(8,3-11)6(13)16-7/h7,13-14H,12H2,1H3. The largest absolute Gasteiger partial charge is 0.437 e. The Labute approximate surface area is 90.8 Å². The summed E-state index contributed by atoms with van der Waals surface area (Å²) >= 11 is 0. The molecule has 2 heterocycles. The molecular weight excluding hydrogens is 212 g/mol. The summed E-state index contributed by atoms with van der Waals surface area (Å²) in [5.74, 6) is -0.815. The molecular formula is C9H8N4O3. The number of nitrogens with two attached hydrogens (primary N) is 1. The molecule has 2 aliphatic heterocycles. The van der Waals surface area contributed by atoms with Crippen molar-refractivity contribution in [1.82, 2.24) is 0 Å². The van der Waals surface area contributed by atoms with E-state index in [-0.39, 0.29) is 11.5 Å². The minimum atomic E-state index is -1.88. The molecule has 0 aliphatic carbocycles. The van der Waals surface area contributed by atoms with Gasteiger partial charge >= 0.3 is 0 Å². The quantitative estimate of drug-likeness (QED) is 0.494. The molecule has 7 heteroatoms. The zero-order chi connectivity index (χ0) is 12.1. The molecule has 3 atom stereocenters. The van der Waals surface area contributed by atoms with Gasteiger partial charge in [-0.25, -0.2) is 0 Å². The molecule has 0 aromatic carbocycles. The fraction of sp³-hybridized carbons (Fsp3) is 0.444. The minimum absolute atomic E-state index is 0.289. The van der Waals surface area contributed by atoms with E-state index in [4.69, 9.17) is 31.1 Å². The first-order valence-electron chi connectivity index (χ1n) is 4.38. The van der Waals surface area contributed by atoms with Crippen LogP contribution < -0.4 is 5.73 Å². The van der Waals surface area contributed by atoms with Crippen LogP contribution in [-0.4, -0.2) is 22.9 Å². The summed E-state index contributed by atoms with van der Waals surface area (Å²) in [6.07, 6.45) is -1.24. The second-order valence-corrected chi connectivity index (χ2v) is 3.76. The molecule has 0 aromatic rings. The van der Waals surface area contributed by atoms with E-state index in [2.05, 4.69) is 0 Å². The predicted molar refractivity (Wildman–Crippen MR) is 49.2 cm³/mol. The van der Waals surface area contributed by atoms with Crippen LogP contribution in [0.1, 0.15) is 6.92 Å². The van der Waals surface area contributed by atoms with Crippen LogP contribution in [0.2, 0.25) is 0 Å². The van der Waals surface area contributed by atoms with Gasteiger partial charge in [0.1, 0.15) is 11.6 Å². The number of nitriles is 2. The summed E-state index contributed by atoms with van der Waals surface area (Å²) < 4.78 is 9.88. The van der Waals surface area contributed by atoms with E-state index in [0.717, 1.165) is 0 Å². The Morgan fingerprint density at radius 3 is 2.62 bits per heavy atom. The third kappa shape index (κ3) is 0.779. The minimum Gasteiger partial charge on any atom is -0.437 e. The van der Waals surface area contributed by atoms with Crippen LogP contribution in [0.5, 0.6) is 0 Å². The van der Waals surface area contributed by atoms with Crippen LogP contribution in [0.4, 0.5) is 0 Å². The predicted octanol–water partition coefficient (Wildman–Crippen LogP) is -0.695. The first-order chi connectivity index (χ1) is 7.41. The van der Waals surface area contributed by atoms with Crippen molar-refractivity contribution in [2.45, 2.75) is 18.8 Å². The van der Waals surface area contributed by atoms with Gasteiger partial charge < -0.3 is 20.3 Å². The average Bonchev–Trinajstić information content (AvgIpc) is 2.33. The molecule has 1 fully saturated rings. The topological polar surface area (TPSA) is 136 Å². The van der Waals surface area contributed by atoms with Gasteiger partial charge in [-0.1, -0.05) is 0 Å². The van der Waals surface area contributed by atoms with Gasteiger partial charge in [-0.05, 0) is 6.92 Å². The number of aliphatic hydroxyl groups is 1. The molecule has 4 N–H and O–H groups in total. The number of hydrogen-bond acceptors (Lipinski definition) is 7. The van der Waals surface area contributed by atoms with Crippen LogP contribution in [0.15, 0.2) is 11.5 Å². The number of hydrogen-bond donors (Lipinski definition) is 3. The van der Waals surface area contributed by atoms with Crippen molar-refractivity contribution in [3.63, 3.8) is 0 Å². The van der Waals surface area contributed by atoms with Crippen molar-refractivity contribution in [2.75, 3.05) is 0 Å². The molecule has 0 aromatic heterocycles. The van der Waals surface area contributed by atoms with E-state index in [0.29, 0.717) is 0 Å². The lowest BCUT2D eigenvalue weighted by Gasteiger charge is -2.36. The summed E-state index contributed by atoms with van der Waals surface area (Å²) in [6, 6.07) is 3.43. The molecule has 0 radical (unpaired) electrons. The summed E-state index contributed by atoms with van der Waals surface area (Å²) in [4.78, 5) is 0. The van der Waals surface area contributed by atoms with Gasteiger partial charge in [-0.3, -0.25) is 5.41 Å². The third-order valence-electron chi connectivity index (χ3n) is 2.92. The lowest BCUT2D eigenvalue weighted by Crippen LogP contribution is -2.55. The van der Waals surface area contributed by atoms with Crippen molar-refractivity contribution >= 4 is 5.90 Å². The summed E-state index contributed by atoms with van der Waals surface area (Å²) in [7, 11) is 0. The highest BCUT2D eigenvalue weighted by molar-refractivity contribution is 5.92. The van der Waals surface area contributed by atoms with E-state index < -0.39 is 23.2 Å². The fourth-order valence-corrected chi connectivity index (χ4v) is 1.94. The van der Waals surface area contributed by atoms with Crippen molar-refractivity contribution in [3.05, 3.63) is 11.5 Å². The Morgan fingerprint density at radius 2 is 2.12 bits per heavy atom. The molecule has 0 saturated carbocycles. The Morgan fingerprint density at radius 1 is 1.50 bits per heavy atom. The second-order valence-electron chi connectivity index (χ2n) is 3.76. The van der Waals surface area contributed by atoms with Gasteiger partial charge in [0.25, 0.3) is 6.29 Å². The van der Waals surface area contributed by atoms with Gasteiger partial charge in [0.2, 0.25) is 17.2 Å². The van der Waals surface area contributed by atoms with E-state index in [9.17, 15) is 5.11 Å². The summed E-state index contributed by atoms with van der Waals surface area (Å²) in [6.45, 7) is 1.27. The highest BCUT2D eigenvalue weighted by atomic mass is 16.7. The van der Waals surface area contributed by atoms with Gasteiger partial charge in [-0.15, -0.1) is 0 Å². The third-order valence-corrected chi connectivity index (χ3v) is 2.92.